The summed E-state index contributed by atoms with van der Waals surface area (Å²) >= 11 is 5.88. The molecular formula is C29H36ClNO8. The Hall–Kier alpha value is -3.59. The van der Waals surface area contributed by atoms with Crippen LogP contribution in [-0.4, -0.2) is 53.3 Å². The maximum atomic E-state index is 12.9. The summed E-state index contributed by atoms with van der Waals surface area (Å²) in [6.45, 7) is 12.5. The second-order valence-corrected chi connectivity index (χ2v) is 11.7. The van der Waals surface area contributed by atoms with Crippen molar-refractivity contribution in [1.29, 1.82) is 0 Å². The number of alkyl carbamates (subject to hydrolysis) is 1. The molecule has 212 valence electrons. The lowest BCUT2D eigenvalue weighted by Gasteiger charge is -2.28. The molecule has 0 heterocycles. The molecule has 2 aromatic rings. The number of hydrogen-bond acceptors (Lipinski definition) is 8. The number of benzene rings is 2. The number of hydrogen-bond donors (Lipinski definition) is 1. The van der Waals surface area contributed by atoms with Crippen LogP contribution in [0.5, 0.6) is 5.75 Å². The Morgan fingerprint density at radius 1 is 0.769 bits per heavy atom. The Labute approximate surface area is 234 Å². The summed E-state index contributed by atoms with van der Waals surface area (Å²) in [6, 6.07) is 11.5. The third-order valence-corrected chi connectivity index (χ3v) is 5.10. The summed E-state index contributed by atoms with van der Waals surface area (Å²) in [7, 11) is 0. The van der Waals surface area contributed by atoms with Crippen LogP contribution in [-0.2, 0) is 23.8 Å². The standard InChI is InChI=1S/C29H36ClNO8/c1-27(2,3)38-24(33)22(31-26(35)39-28(4,5)6)17-36-25(34)29(7,8)37-21-15-11-19(12-16-21)23(32)18-9-13-20(30)14-10-18/h9-16,22H,17H2,1-8H3,(H,31,35)/t22-/m0/s1. The minimum atomic E-state index is -1.47. The van der Waals surface area contributed by atoms with Gasteiger partial charge in [0.2, 0.25) is 0 Å². The molecule has 0 aliphatic heterocycles. The molecule has 1 amide bonds. The average molecular weight is 562 g/mol. The van der Waals surface area contributed by atoms with E-state index >= 15 is 0 Å². The molecular weight excluding hydrogens is 526 g/mol. The molecule has 0 saturated carbocycles. The quantitative estimate of drug-likeness (QED) is 0.242. The summed E-state index contributed by atoms with van der Waals surface area (Å²) in [5.41, 5.74) is -2.19. The topological polar surface area (TPSA) is 117 Å². The molecule has 10 heteroatoms. The van der Waals surface area contributed by atoms with Gasteiger partial charge in [-0.15, -0.1) is 0 Å². The zero-order valence-corrected chi connectivity index (χ0v) is 24.3. The second-order valence-electron chi connectivity index (χ2n) is 11.3. The SMILES string of the molecule is CC(C)(C)OC(=O)N[C@@H](COC(=O)C(C)(C)Oc1ccc(C(=O)c2ccc(Cl)cc2)cc1)C(=O)OC(C)(C)C. The fourth-order valence-electron chi connectivity index (χ4n) is 3.10. The molecule has 0 radical (unpaired) electrons. The highest BCUT2D eigenvalue weighted by Gasteiger charge is 2.35. The summed E-state index contributed by atoms with van der Waals surface area (Å²) in [6.07, 6.45) is -0.863. The van der Waals surface area contributed by atoms with Crippen molar-refractivity contribution in [3.05, 3.63) is 64.7 Å². The van der Waals surface area contributed by atoms with Crippen LogP contribution in [0.15, 0.2) is 48.5 Å². The van der Waals surface area contributed by atoms with Crippen molar-refractivity contribution in [2.24, 2.45) is 0 Å². The van der Waals surface area contributed by atoms with Crippen LogP contribution in [0, 0.1) is 0 Å². The van der Waals surface area contributed by atoms with E-state index in [0.29, 0.717) is 21.9 Å². The van der Waals surface area contributed by atoms with Crippen molar-refractivity contribution in [2.75, 3.05) is 6.61 Å². The Morgan fingerprint density at radius 3 is 1.74 bits per heavy atom. The van der Waals surface area contributed by atoms with Gasteiger partial charge in [-0.3, -0.25) is 4.79 Å². The van der Waals surface area contributed by atoms with Gasteiger partial charge < -0.3 is 24.3 Å². The lowest BCUT2D eigenvalue weighted by molar-refractivity contribution is -0.166. The van der Waals surface area contributed by atoms with E-state index in [4.69, 9.17) is 30.5 Å². The van der Waals surface area contributed by atoms with Gasteiger partial charge in [0, 0.05) is 16.1 Å². The number of rotatable bonds is 9. The van der Waals surface area contributed by atoms with Gasteiger partial charge in [-0.25, -0.2) is 14.4 Å². The van der Waals surface area contributed by atoms with Gasteiger partial charge in [0.15, 0.2) is 17.4 Å². The van der Waals surface area contributed by atoms with Crippen LogP contribution >= 0.6 is 11.6 Å². The molecule has 0 bridgehead atoms. The third-order valence-electron chi connectivity index (χ3n) is 4.85. The molecule has 0 aliphatic carbocycles. The number of ketones is 1. The largest absolute Gasteiger partial charge is 0.476 e. The minimum absolute atomic E-state index is 0.192. The Bertz CT molecular complexity index is 1180. The van der Waals surface area contributed by atoms with E-state index in [-0.39, 0.29) is 5.78 Å². The predicted octanol–water partition coefficient (Wildman–Crippen LogP) is 5.51. The minimum Gasteiger partial charge on any atom is -0.476 e. The maximum Gasteiger partial charge on any atom is 0.408 e. The fourth-order valence-corrected chi connectivity index (χ4v) is 3.23. The molecule has 0 aliphatic rings. The van der Waals surface area contributed by atoms with Gasteiger partial charge in [-0.1, -0.05) is 11.6 Å². The highest BCUT2D eigenvalue weighted by atomic mass is 35.5. The van der Waals surface area contributed by atoms with Crippen LogP contribution in [0.4, 0.5) is 4.79 Å². The van der Waals surface area contributed by atoms with E-state index in [9.17, 15) is 19.2 Å². The normalized spacial score (nSPS) is 12.6. The van der Waals surface area contributed by atoms with Crippen molar-refractivity contribution >= 4 is 35.4 Å². The predicted molar refractivity (Wildman–Crippen MR) is 146 cm³/mol. The number of esters is 2. The van der Waals surface area contributed by atoms with E-state index in [1.165, 1.54) is 13.8 Å². The van der Waals surface area contributed by atoms with Gasteiger partial charge in [-0.2, -0.15) is 0 Å². The van der Waals surface area contributed by atoms with Crippen molar-refractivity contribution in [1.82, 2.24) is 5.32 Å². The van der Waals surface area contributed by atoms with Crippen LogP contribution in [0.25, 0.3) is 0 Å². The van der Waals surface area contributed by atoms with E-state index in [1.807, 2.05) is 0 Å². The molecule has 2 rings (SSSR count). The number of nitrogens with one attached hydrogen (secondary N) is 1. The molecule has 39 heavy (non-hydrogen) atoms. The third kappa shape index (κ3) is 10.6. The van der Waals surface area contributed by atoms with E-state index in [1.54, 1.807) is 90.1 Å². The van der Waals surface area contributed by atoms with Crippen LogP contribution < -0.4 is 10.1 Å². The van der Waals surface area contributed by atoms with Crippen LogP contribution in [0.2, 0.25) is 5.02 Å². The first kappa shape index (κ1) is 31.6. The fraction of sp³-hybridized carbons (Fsp3) is 0.448. The van der Waals surface area contributed by atoms with Crippen molar-refractivity contribution in [3.8, 4) is 5.75 Å². The molecule has 0 fully saturated rings. The molecule has 1 atom stereocenters. The van der Waals surface area contributed by atoms with E-state index < -0.39 is 47.5 Å². The first-order valence-electron chi connectivity index (χ1n) is 12.4. The molecule has 1 N–H and O–H groups in total. The Balaban J connectivity index is 2.06. The molecule has 0 spiro atoms. The van der Waals surface area contributed by atoms with Crippen molar-refractivity contribution < 1.29 is 38.1 Å². The summed E-state index contributed by atoms with van der Waals surface area (Å²) < 4.78 is 21.7. The molecule has 0 saturated heterocycles. The highest BCUT2D eigenvalue weighted by molar-refractivity contribution is 6.30. The molecule has 2 aromatic carbocycles. The Kier molecular flexibility index (Phi) is 10.1. The van der Waals surface area contributed by atoms with E-state index in [2.05, 4.69) is 5.32 Å². The molecule has 9 nitrogen and oxygen atoms in total. The molecule has 0 unspecified atom stereocenters. The smallest absolute Gasteiger partial charge is 0.408 e. The maximum absolute atomic E-state index is 12.9. The van der Waals surface area contributed by atoms with Gasteiger partial charge in [0.05, 0.1) is 0 Å². The number of carbonyl (C=O) groups excluding carboxylic acids is 4. The lowest BCUT2D eigenvalue weighted by atomic mass is 10.0. The highest BCUT2D eigenvalue weighted by Crippen LogP contribution is 2.22. The van der Waals surface area contributed by atoms with Crippen molar-refractivity contribution in [3.63, 3.8) is 0 Å². The van der Waals surface area contributed by atoms with Gasteiger partial charge in [0.1, 0.15) is 23.6 Å². The zero-order valence-electron chi connectivity index (χ0n) is 23.5. The average Bonchev–Trinajstić information content (AvgIpc) is 2.79. The monoisotopic (exact) mass is 561 g/mol. The Morgan fingerprint density at radius 2 is 1.26 bits per heavy atom. The second kappa shape index (κ2) is 12.5. The summed E-state index contributed by atoms with van der Waals surface area (Å²) in [5, 5.41) is 2.92. The van der Waals surface area contributed by atoms with Crippen molar-refractivity contribution in [2.45, 2.75) is 78.2 Å². The van der Waals surface area contributed by atoms with Gasteiger partial charge >= 0.3 is 18.0 Å². The zero-order chi connectivity index (χ0) is 29.6. The van der Waals surface area contributed by atoms with Gasteiger partial charge in [-0.05, 0) is 104 Å². The van der Waals surface area contributed by atoms with Crippen LogP contribution in [0.1, 0.15) is 71.3 Å². The molecule has 0 aromatic heterocycles. The first-order chi connectivity index (χ1) is 17.9. The number of amides is 1. The summed E-state index contributed by atoms with van der Waals surface area (Å²) in [4.78, 5) is 50.5. The number of halogens is 1. The lowest BCUT2D eigenvalue weighted by Crippen LogP contribution is -2.50. The van der Waals surface area contributed by atoms with Crippen LogP contribution in [0.3, 0.4) is 0 Å². The van der Waals surface area contributed by atoms with Gasteiger partial charge in [0.25, 0.3) is 0 Å². The van der Waals surface area contributed by atoms with E-state index in [0.717, 1.165) is 0 Å². The summed E-state index contributed by atoms with van der Waals surface area (Å²) in [5.74, 6) is -1.45. The number of ether oxygens (including phenoxy) is 4. The first-order valence-corrected chi connectivity index (χ1v) is 12.7. The number of carbonyl (C=O) groups is 4.